The number of halogens is 1. The highest BCUT2D eigenvalue weighted by atomic mass is 32.2. The van der Waals surface area contributed by atoms with E-state index in [1.807, 2.05) is 25.1 Å². The summed E-state index contributed by atoms with van der Waals surface area (Å²) in [7, 11) is -3.95. The summed E-state index contributed by atoms with van der Waals surface area (Å²) in [6, 6.07) is 18.2. The van der Waals surface area contributed by atoms with E-state index < -0.39 is 22.0 Å². The van der Waals surface area contributed by atoms with Gasteiger partial charge in [0.1, 0.15) is 11.9 Å². The summed E-state index contributed by atoms with van der Waals surface area (Å²) >= 11 is 0. The van der Waals surface area contributed by atoms with Gasteiger partial charge < -0.3 is 16.0 Å². The number of carbonyl (C=O) groups excluding carboxylic acids is 2. The van der Waals surface area contributed by atoms with Gasteiger partial charge in [-0.3, -0.25) is 9.59 Å². The number of hydrogen-bond donors (Lipinski definition) is 3. The molecule has 0 radical (unpaired) electrons. The first-order valence-corrected chi connectivity index (χ1v) is 15.9. The summed E-state index contributed by atoms with van der Waals surface area (Å²) in [5, 5.41) is 9.15. The maximum absolute atomic E-state index is 13.9. The maximum Gasteiger partial charge on any atom is 0.243 e. The minimum atomic E-state index is -3.95. The van der Waals surface area contributed by atoms with Crippen LogP contribution in [0.4, 0.5) is 4.39 Å². The number of piperazine rings is 1. The van der Waals surface area contributed by atoms with Crippen molar-refractivity contribution >= 4 is 21.8 Å². The van der Waals surface area contributed by atoms with Crippen molar-refractivity contribution in [3.63, 3.8) is 0 Å². The highest BCUT2D eigenvalue weighted by Crippen LogP contribution is 2.31. The van der Waals surface area contributed by atoms with Crippen LogP contribution in [0.15, 0.2) is 71.6 Å². The predicted octanol–water partition coefficient (Wildman–Crippen LogP) is 3.54. The molecule has 0 unspecified atom stereocenters. The lowest BCUT2D eigenvalue weighted by molar-refractivity contribution is -0.132. The standard InChI is InChI=1S/C32H37FN4O4S/c1-22-9-12-26(13-10-22)42(40,41)37-18-17-35-32(39)30(37)20-31(38)36-29-8-4-6-25-19-23(11-14-27(25)29)21-34-16-15-24-5-2-3-7-28(24)33/h2-3,5,7,9-14,19,29-30,34H,4,6,8,15-18,20-21H2,1H3,(H,35,39)(H,36,38)/t29-,30-/m1/s1. The predicted molar refractivity (Wildman–Crippen MR) is 159 cm³/mol. The summed E-state index contributed by atoms with van der Waals surface area (Å²) in [6.45, 7) is 3.47. The summed E-state index contributed by atoms with van der Waals surface area (Å²) in [4.78, 5) is 26.1. The van der Waals surface area contributed by atoms with Gasteiger partial charge in [0.25, 0.3) is 0 Å². The number of benzene rings is 3. The Kier molecular flexibility index (Phi) is 9.35. The van der Waals surface area contributed by atoms with E-state index in [0.29, 0.717) is 25.1 Å². The lowest BCUT2D eigenvalue weighted by atomic mass is 9.86. The molecule has 0 bridgehead atoms. The average Bonchev–Trinajstić information content (AvgIpc) is 2.97. The molecule has 0 spiro atoms. The molecule has 1 heterocycles. The normalized spacial score (nSPS) is 19.1. The van der Waals surface area contributed by atoms with Crippen LogP contribution in [-0.2, 0) is 39.0 Å². The van der Waals surface area contributed by atoms with Crippen LogP contribution in [0.5, 0.6) is 0 Å². The van der Waals surface area contributed by atoms with Gasteiger partial charge in [-0.1, -0.05) is 54.1 Å². The fraction of sp³-hybridized carbons (Fsp3) is 0.375. The molecule has 8 nitrogen and oxygen atoms in total. The Labute approximate surface area is 246 Å². The first-order chi connectivity index (χ1) is 20.2. The van der Waals surface area contributed by atoms with E-state index in [4.69, 9.17) is 0 Å². The number of amides is 2. The molecule has 3 N–H and O–H groups in total. The largest absolute Gasteiger partial charge is 0.353 e. The van der Waals surface area contributed by atoms with Gasteiger partial charge in [0.05, 0.1) is 17.4 Å². The Bertz CT molecular complexity index is 1540. The molecule has 1 aliphatic carbocycles. The highest BCUT2D eigenvalue weighted by molar-refractivity contribution is 7.89. The lowest BCUT2D eigenvalue weighted by Crippen LogP contribution is -2.58. The molecule has 222 valence electrons. The minimum absolute atomic E-state index is 0.100. The van der Waals surface area contributed by atoms with Gasteiger partial charge in [-0.2, -0.15) is 4.31 Å². The zero-order chi connectivity index (χ0) is 29.7. The van der Waals surface area contributed by atoms with E-state index in [0.717, 1.165) is 40.3 Å². The smallest absolute Gasteiger partial charge is 0.243 e. The van der Waals surface area contributed by atoms with E-state index in [1.54, 1.807) is 24.3 Å². The molecule has 2 aliphatic rings. The van der Waals surface area contributed by atoms with Crippen molar-refractivity contribution in [2.75, 3.05) is 19.6 Å². The van der Waals surface area contributed by atoms with Crippen molar-refractivity contribution in [3.8, 4) is 0 Å². The van der Waals surface area contributed by atoms with Crippen molar-refractivity contribution in [2.45, 2.75) is 62.6 Å². The SMILES string of the molecule is Cc1ccc(S(=O)(=O)N2CCNC(=O)[C@H]2CC(=O)N[C@@H]2CCCc3cc(CNCCc4ccccc4F)ccc32)cc1. The van der Waals surface area contributed by atoms with Crippen molar-refractivity contribution in [3.05, 3.63) is 100 Å². The molecular formula is C32H37FN4O4S. The molecule has 0 saturated carbocycles. The van der Waals surface area contributed by atoms with Crippen molar-refractivity contribution < 1.29 is 22.4 Å². The molecule has 1 aliphatic heterocycles. The number of nitrogens with zero attached hydrogens (tertiary/aromatic N) is 1. The second-order valence-corrected chi connectivity index (χ2v) is 12.9. The molecule has 2 amide bonds. The van der Waals surface area contributed by atoms with Gasteiger partial charge in [0.2, 0.25) is 21.8 Å². The van der Waals surface area contributed by atoms with Gasteiger partial charge >= 0.3 is 0 Å². The third-order valence-corrected chi connectivity index (χ3v) is 9.93. The fourth-order valence-electron chi connectivity index (χ4n) is 5.73. The fourth-order valence-corrected chi connectivity index (χ4v) is 7.32. The second kappa shape index (κ2) is 13.1. The van der Waals surface area contributed by atoms with Gasteiger partial charge in [0, 0.05) is 19.6 Å². The monoisotopic (exact) mass is 592 g/mol. The molecule has 1 saturated heterocycles. The number of hydrogen-bond acceptors (Lipinski definition) is 5. The molecule has 1 fully saturated rings. The van der Waals surface area contributed by atoms with Crippen molar-refractivity contribution in [1.82, 2.24) is 20.3 Å². The zero-order valence-corrected chi connectivity index (χ0v) is 24.6. The lowest BCUT2D eigenvalue weighted by Gasteiger charge is -2.34. The number of aryl methyl sites for hydroxylation is 2. The number of fused-ring (bicyclic) bond motifs is 1. The van der Waals surface area contributed by atoms with E-state index in [2.05, 4.69) is 22.0 Å². The molecule has 3 aromatic rings. The third-order valence-electron chi connectivity index (χ3n) is 8.00. The van der Waals surface area contributed by atoms with Crippen LogP contribution < -0.4 is 16.0 Å². The second-order valence-electron chi connectivity index (χ2n) is 11.0. The topological polar surface area (TPSA) is 108 Å². The van der Waals surface area contributed by atoms with Crippen LogP contribution in [0.1, 0.15) is 53.1 Å². The number of carbonyl (C=O) groups is 2. The van der Waals surface area contributed by atoms with Crippen LogP contribution in [0.25, 0.3) is 0 Å². The zero-order valence-electron chi connectivity index (χ0n) is 23.7. The number of rotatable bonds is 10. The maximum atomic E-state index is 13.9. The Balaban J connectivity index is 1.21. The Morgan fingerprint density at radius 1 is 1.10 bits per heavy atom. The first-order valence-electron chi connectivity index (χ1n) is 14.4. The molecule has 0 aromatic heterocycles. The molecule has 5 rings (SSSR count). The van der Waals surface area contributed by atoms with Crippen LogP contribution in [0, 0.1) is 12.7 Å². The van der Waals surface area contributed by atoms with E-state index in [1.165, 1.54) is 23.8 Å². The van der Waals surface area contributed by atoms with Crippen LogP contribution in [0.2, 0.25) is 0 Å². The molecule has 42 heavy (non-hydrogen) atoms. The average molecular weight is 593 g/mol. The Morgan fingerprint density at radius 2 is 1.88 bits per heavy atom. The molecule has 10 heteroatoms. The van der Waals surface area contributed by atoms with Gasteiger partial charge in [-0.15, -0.1) is 0 Å². The Morgan fingerprint density at radius 3 is 2.67 bits per heavy atom. The summed E-state index contributed by atoms with van der Waals surface area (Å²) in [5.41, 5.74) is 4.94. The van der Waals surface area contributed by atoms with Crippen molar-refractivity contribution in [2.24, 2.45) is 0 Å². The number of sulfonamides is 1. The Hall–Kier alpha value is -3.60. The van der Waals surface area contributed by atoms with E-state index in [9.17, 15) is 22.4 Å². The van der Waals surface area contributed by atoms with Gasteiger partial charge in [0.15, 0.2) is 0 Å². The third kappa shape index (κ3) is 6.88. The molecule has 2 atom stereocenters. The number of nitrogens with one attached hydrogen (secondary N) is 3. The van der Waals surface area contributed by atoms with Crippen LogP contribution >= 0.6 is 0 Å². The van der Waals surface area contributed by atoms with E-state index >= 15 is 0 Å². The summed E-state index contributed by atoms with van der Waals surface area (Å²) < 4.78 is 41.8. The molecular weight excluding hydrogens is 555 g/mol. The summed E-state index contributed by atoms with van der Waals surface area (Å²) in [5.74, 6) is -1.02. The summed E-state index contributed by atoms with van der Waals surface area (Å²) in [6.07, 6.45) is 2.92. The first kappa shape index (κ1) is 29.9. The van der Waals surface area contributed by atoms with E-state index in [-0.39, 0.29) is 42.2 Å². The molecule has 3 aromatic carbocycles. The van der Waals surface area contributed by atoms with Gasteiger partial charge in [-0.05, 0) is 79.6 Å². The quantitative estimate of drug-likeness (QED) is 0.312. The van der Waals surface area contributed by atoms with Crippen LogP contribution in [-0.4, -0.2) is 50.2 Å². The minimum Gasteiger partial charge on any atom is -0.353 e. The van der Waals surface area contributed by atoms with Gasteiger partial charge in [-0.25, -0.2) is 12.8 Å². The highest BCUT2D eigenvalue weighted by Gasteiger charge is 2.40. The van der Waals surface area contributed by atoms with Crippen molar-refractivity contribution in [1.29, 1.82) is 0 Å². The van der Waals surface area contributed by atoms with Crippen LogP contribution in [0.3, 0.4) is 0 Å².